The standard InChI is InChI=1S/C25H25ClN2O3S/c1-17-6-4-8-22(26)24(17)25(29)28-16-21(20-7-2-3-9-23(20)28)18-10-12-19(13-11-18)32(30,31)27-14-5-15-27/h4,6,8,10-13,16H,2-3,5,7,9,14-15H2,1H3. The van der Waals surface area contributed by atoms with Gasteiger partial charge in [0.05, 0.1) is 15.5 Å². The van der Waals surface area contributed by atoms with E-state index >= 15 is 0 Å². The number of halogens is 1. The van der Waals surface area contributed by atoms with Crippen LogP contribution in [-0.2, 0) is 22.9 Å². The first kappa shape index (κ1) is 21.4. The van der Waals surface area contributed by atoms with Gasteiger partial charge in [-0.05, 0) is 73.9 Å². The smallest absolute Gasteiger partial charge is 0.263 e. The molecule has 7 heteroatoms. The highest BCUT2D eigenvalue weighted by molar-refractivity contribution is 7.89. The van der Waals surface area contributed by atoms with Crippen LogP contribution in [0, 0.1) is 6.92 Å². The van der Waals surface area contributed by atoms with Gasteiger partial charge in [-0.15, -0.1) is 0 Å². The van der Waals surface area contributed by atoms with Crippen molar-refractivity contribution in [3.63, 3.8) is 0 Å². The van der Waals surface area contributed by atoms with Gasteiger partial charge in [-0.1, -0.05) is 35.9 Å². The van der Waals surface area contributed by atoms with Crippen molar-refractivity contribution in [2.75, 3.05) is 13.1 Å². The summed E-state index contributed by atoms with van der Waals surface area (Å²) in [4.78, 5) is 13.8. The molecule has 0 atom stereocenters. The van der Waals surface area contributed by atoms with Crippen molar-refractivity contribution in [1.29, 1.82) is 0 Å². The summed E-state index contributed by atoms with van der Waals surface area (Å²) >= 11 is 6.39. The molecule has 0 bridgehead atoms. The van der Waals surface area contributed by atoms with Gasteiger partial charge in [0.25, 0.3) is 5.91 Å². The minimum atomic E-state index is -3.41. The molecular formula is C25H25ClN2O3S. The first-order chi connectivity index (χ1) is 15.4. The summed E-state index contributed by atoms with van der Waals surface area (Å²) in [5, 5.41) is 0.454. The van der Waals surface area contributed by atoms with Crippen molar-refractivity contribution in [2.24, 2.45) is 0 Å². The van der Waals surface area contributed by atoms with E-state index < -0.39 is 10.0 Å². The van der Waals surface area contributed by atoms with Crippen LogP contribution in [0.25, 0.3) is 11.1 Å². The molecule has 0 radical (unpaired) electrons. The Morgan fingerprint density at radius 3 is 2.34 bits per heavy atom. The molecule has 1 saturated heterocycles. The van der Waals surface area contributed by atoms with Gasteiger partial charge < -0.3 is 0 Å². The van der Waals surface area contributed by atoms with Gasteiger partial charge in [0.1, 0.15) is 0 Å². The van der Waals surface area contributed by atoms with Crippen molar-refractivity contribution in [2.45, 2.75) is 43.9 Å². The number of carbonyl (C=O) groups excluding carboxylic acids is 1. The lowest BCUT2D eigenvalue weighted by atomic mass is 9.92. The Morgan fingerprint density at radius 2 is 1.69 bits per heavy atom. The Balaban J connectivity index is 1.56. The third-order valence-corrected chi connectivity index (χ3v) is 8.81. The van der Waals surface area contributed by atoms with Gasteiger partial charge in [0.15, 0.2) is 0 Å². The molecule has 0 unspecified atom stereocenters. The number of rotatable bonds is 4. The van der Waals surface area contributed by atoms with Gasteiger partial charge >= 0.3 is 0 Å². The Hall–Kier alpha value is -2.41. The molecule has 1 aliphatic heterocycles. The molecule has 1 aliphatic carbocycles. The number of aryl methyl sites for hydroxylation is 1. The third kappa shape index (κ3) is 3.51. The number of nitrogens with zero attached hydrogens (tertiary/aromatic N) is 2. The SMILES string of the molecule is Cc1cccc(Cl)c1C(=O)n1cc(-c2ccc(S(=O)(=O)N3CCC3)cc2)c2c1CCCC2. The second-order valence-corrected chi connectivity index (χ2v) is 10.9. The summed E-state index contributed by atoms with van der Waals surface area (Å²) in [6, 6.07) is 12.5. The van der Waals surface area contributed by atoms with Crippen LogP contribution in [0.15, 0.2) is 53.6 Å². The number of benzene rings is 2. The molecule has 0 amide bonds. The van der Waals surface area contributed by atoms with Crippen molar-refractivity contribution in [1.82, 2.24) is 8.87 Å². The molecule has 166 valence electrons. The van der Waals surface area contributed by atoms with Crippen molar-refractivity contribution in [3.05, 3.63) is 76.1 Å². The fourth-order valence-electron chi connectivity index (χ4n) is 4.67. The zero-order chi connectivity index (χ0) is 22.5. The van der Waals surface area contributed by atoms with E-state index in [4.69, 9.17) is 11.6 Å². The molecular weight excluding hydrogens is 444 g/mol. The lowest BCUT2D eigenvalue weighted by Gasteiger charge is -2.29. The normalized spacial score (nSPS) is 16.4. The van der Waals surface area contributed by atoms with Gasteiger partial charge in [0.2, 0.25) is 10.0 Å². The number of carbonyl (C=O) groups is 1. The van der Waals surface area contributed by atoms with Crippen LogP contribution < -0.4 is 0 Å². The Kier molecular flexibility index (Phi) is 5.48. The van der Waals surface area contributed by atoms with Gasteiger partial charge in [0, 0.05) is 30.5 Å². The summed E-state index contributed by atoms with van der Waals surface area (Å²) in [6.07, 6.45) is 6.67. The molecule has 2 heterocycles. The third-order valence-electron chi connectivity index (χ3n) is 6.59. The zero-order valence-electron chi connectivity index (χ0n) is 18.0. The molecule has 1 aromatic heterocycles. The van der Waals surface area contributed by atoms with Crippen LogP contribution >= 0.6 is 11.6 Å². The summed E-state index contributed by atoms with van der Waals surface area (Å²) in [6.45, 7) is 3.07. The van der Waals surface area contributed by atoms with Crippen molar-refractivity contribution >= 4 is 27.5 Å². The minimum Gasteiger partial charge on any atom is -0.287 e. The Bertz CT molecular complexity index is 1290. The maximum atomic E-state index is 13.5. The van der Waals surface area contributed by atoms with E-state index in [9.17, 15) is 13.2 Å². The van der Waals surface area contributed by atoms with Gasteiger partial charge in [-0.2, -0.15) is 4.31 Å². The predicted octanol–water partition coefficient (Wildman–Crippen LogP) is 5.08. The zero-order valence-corrected chi connectivity index (χ0v) is 19.5. The van der Waals surface area contributed by atoms with E-state index in [2.05, 4.69) is 0 Å². The maximum absolute atomic E-state index is 13.5. The average molecular weight is 469 g/mol. The highest BCUT2D eigenvalue weighted by Gasteiger charge is 2.30. The summed E-state index contributed by atoms with van der Waals surface area (Å²) in [5.74, 6) is -0.116. The molecule has 3 aromatic rings. The van der Waals surface area contributed by atoms with E-state index in [0.29, 0.717) is 28.6 Å². The highest BCUT2D eigenvalue weighted by atomic mass is 35.5. The van der Waals surface area contributed by atoms with Crippen LogP contribution in [-0.4, -0.2) is 36.3 Å². The average Bonchev–Trinajstić information content (AvgIpc) is 3.12. The summed E-state index contributed by atoms with van der Waals surface area (Å²) < 4.78 is 28.6. The molecule has 0 spiro atoms. The first-order valence-electron chi connectivity index (χ1n) is 11.0. The monoisotopic (exact) mass is 468 g/mol. The fraction of sp³-hybridized carbons (Fsp3) is 0.320. The van der Waals surface area contributed by atoms with E-state index in [0.717, 1.165) is 54.5 Å². The number of sulfonamides is 1. The molecule has 2 aromatic carbocycles. The lowest BCUT2D eigenvalue weighted by molar-refractivity contribution is 0.0956. The van der Waals surface area contributed by atoms with E-state index in [1.165, 1.54) is 9.87 Å². The van der Waals surface area contributed by atoms with Crippen molar-refractivity contribution < 1.29 is 13.2 Å². The molecule has 5 rings (SSSR count). The highest BCUT2D eigenvalue weighted by Crippen LogP contribution is 2.35. The second kappa shape index (κ2) is 8.18. The number of aromatic nitrogens is 1. The van der Waals surface area contributed by atoms with Crippen molar-refractivity contribution in [3.8, 4) is 11.1 Å². The van der Waals surface area contributed by atoms with Crippen LogP contribution in [0.3, 0.4) is 0 Å². The Morgan fingerprint density at radius 1 is 0.969 bits per heavy atom. The van der Waals surface area contributed by atoms with Gasteiger partial charge in [-0.25, -0.2) is 8.42 Å². The number of hydrogen-bond acceptors (Lipinski definition) is 3. The van der Waals surface area contributed by atoms with E-state index in [1.54, 1.807) is 22.8 Å². The van der Waals surface area contributed by atoms with E-state index in [-0.39, 0.29) is 5.91 Å². The minimum absolute atomic E-state index is 0.116. The van der Waals surface area contributed by atoms with Crippen LogP contribution in [0.4, 0.5) is 0 Å². The second-order valence-electron chi connectivity index (χ2n) is 8.56. The molecule has 5 nitrogen and oxygen atoms in total. The van der Waals surface area contributed by atoms with Crippen LogP contribution in [0.2, 0.25) is 5.02 Å². The topological polar surface area (TPSA) is 59.4 Å². The van der Waals surface area contributed by atoms with E-state index in [1.807, 2.05) is 37.4 Å². The number of fused-ring (bicyclic) bond motifs is 1. The summed E-state index contributed by atoms with van der Waals surface area (Å²) in [5.41, 5.74) is 5.50. The van der Waals surface area contributed by atoms with Gasteiger partial charge in [-0.3, -0.25) is 9.36 Å². The molecule has 32 heavy (non-hydrogen) atoms. The lowest BCUT2D eigenvalue weighted by Crippen LogP contribution is -2.41. The van der Waals surface area contributed by atoms with Crippen LogP contribution in [0.1, 0.15) is 46.4 Å². The molecule has 2 aliphatic rings. The molecule has 0 N–H and O–H groups in total. The summed E-state index contributed by atoms with van der Waals surface area (Å²) in [7, 11) is -3.41. The number of hydrogen-bond donors (Lipinski definition) is 0. The largest absolute Gasteiger partial charge is 0.287 e. The predicted molar refractivity (Wildman–Crippen MR) is 126 cm³/mol. The van der Waals surface area contributed by atoms with Crippen LogP contribution in [0.5, 0.6) is 0 Å². The Labute approximate surface area is 193 Å². The fourth-order valence-corrected chi connectivity index (χ4v) is 6.49. The quantitative estimate of drug-likeness (QED) is 0.536. The molecule has 1 fully saturated rings. The maximum Gasteiger partial charge on any atom is 0.263 e. The molecule has 0 saturated carbocycles. The first-order valence-corrected chi connectivity index (χ1v) is 12.8.